The van der Waals surface area contributed by atoms with Gasteiger partial charge in [0.1, 0.15) is 5.75 Å². The molecule has 0 radical (unpaired) electrons. The SMILES string of the molecule is O=C(COc1cccc2c1CCC2=O)NC1CCOCC1. The minimum absolute atomic E-state index is 0.0119. The van der Waals surface area contributed by atoms with Crippen molar-refractivity contribution in [3.05, 3.63) is 29.3 Å². The van der Waals surface area contributed by atoms with E-state index in [0.29, 0.717) is 31.8 Å². The summed E-state index contributed by atoms with van der Waals surface area (Å²) in [5.74, 6) is 0.686. The fourth-order valence-electron chi connectivity index (χ4n) is 2.85. The van der Waals surface area contributed by atoms with Crippen molar-refractivity contribution in [2.24, 2.45) is 0 Å². The molecule has 21 heavy (non-hydrogen) atoms. The number of ketones is 1. The van der Waals surface area contributed by atoms with Gasteiger partial charge in [-0.3, -0.25) is 9.59 Å². The average molecular weight is 289 g/mol. The summed E-state index contributed by atoms with van der Waals surface area (Å²) in [6, 6.07) is 5.62. The summed E-state index contributed by atoms with van der Waals surface area (Å²) in [4.78, 5) is 23.6. The van der Waals surface area contributed by atoms with E-state index >= 15 is 0 Å². The Morgan fingerprint density at radius 2 is 2.10 bits per heavy atom. The number of hydrogen-bond donors (Lipinski definition) is 1. The molecule has 0 bridgehead atoms. The molecule has 1 N–H and O–H groups in total. The lowest BCUT2D eigenvalue weighted by Gasteiger charge is -2.23. The molecule has 1 fully saturated rings. The number of carbonyl (C=O) groups is 2. The van der Waals surface area contributed by atoms with Crippen molar-refractivity contribution in [2.75, 3.05) is 19.8 Å². The molecule has 5 heteroatoms. The third-order valence-electron chi connectivity index (χ3n) is 3.98. The normalized spacial score (nSPS) is 18.4. The van der Waals surface area contributed by atoms with Gasteiger partial charge in [0.25, 0.3) is 5.91 Å². The standard InChI is InChI=1S/C16H19NO4/c18-14-5-4-13-12(14)2-1-3-15(13)21-10-16(19)17-11-6-8-20-9-7-11/h1-3,11H,4-10H2,(H,17,19). The van der Waals surface area contributed by atoms with Crippen LogP contribution in [0.2, 0.25) is 0 Å². The molecule has 1 heterocycles. The number of Topliss-reactive ketones (excluding diaryl/α,β-unsaturated/α-hetero) is 1. The first-order valence-corrected chi connectivity index (χ1v) is 7.39. The second-order valence-corrected chi connectivity index (χ2v) is 5.45. The zero-order valence-corrected chi connectivity index (χ0v) is 11.9. The van der Waals surface area contributed by atoms with Gasteiger partial charge < -0.3 is 14.8 Å². The van der Waals surface area contributed by atoms with E-state index in [-0.39, 0.29) is 24.3 Å². The molecule has 1 aromatic carbocycles. The Morgan fingerprint density at radius 3 is 2.90 bits per heavy atom. The molecule has 0 saturated carbocycles. The molecule has 1 aliphatic heterocycles. The highest BCUT2D eigenvalue weighted by Crippen LogP contribution is 2.30. The zero-order valence-electron chi connectivity index (χ0n) is 11.9. The lowest BCUT2D eigenvalue weighted by atomic mass is 10.1. The number of rotatable bonds is 4. The van der Waals surface area contributed by atoms with Crippen LogP contribution < -0.4 is 10.1 Å². The van der Waals surface area contributed by atoms with E-state index in [1.165, 1.54) is 0 Å². The molecule has 0 spiro atoms. The van der Waals surface area contributed by atoms with E-state index in [2.05, 4.69) is 5.32 Å². The maximum atomic E-state index is 11.9. The molecule has 2 aliphatic rings. The van der Waals surface area contributed by atoms with Crippen LogP contribution in [-0.4, -0.2) is 37.6 Å². The first kappa shape index (κ1) is 14.1. The Balaban J connectivity index is 1.55. The van der Waals surface area contributed by atoms with Gasteiger partial charge in [0.15, 0.2) is 12.4 Å². The molecule has 0 atom stereocenters. The molecule has 5 nitrogen and oxygen atoms in total. The predicted molar refractivity (Wildman–Crippen MR) is 76.6 cm³/mol. The molecule has 0 unspecified atom stereocenters. The van der Waals surface area contributed by atoms with Gasteiger partial charge in [0.2, 0.25) is 0 Å². The molecule has 1 aliphatic carbocycles. The first-order chi connectivity index (χ1) is 10.2. The molecular formula is C16H19NO4. The summed E-state index contributed by atoms with van der Waals surface area (Å²) in [6.45, 7) is 1.38. The van der Waals surface area contributed by atoms with E-state index in [9.17, 15) is 9.59 Å². The lowest BCUT2D eigenvalue weighted by Crippen LogP contribution is -2.41. The summed E-state index contributed by atoms with van der Waals surface area (Å²) in [5, 5.41) is 2.95. The minimum Gasteiger partial charge on any atom is -0.483 e. The third-order valence-corrected chi connectivity index (χ3v) is 3.98. The number of carbonyl (C=O) groups excluding carboxylic acids is 2. The van der Waals surface area contributed by atoms with Gasteiger partial charge in [0.05, 0.1) is 0 Å². The van der Waals surface area contributed by atoms with Crippen molar-refractivity contribution in [2.45, 2.75) is 31.7 Å². The predicted octanol–water partition coefficient (Wildman–Crippen LogP) is 1.49. The Labute approximate surface area is 123 Å². The van der Waals surface area contributed by atoms with Gasteiger partial charge >= 0.3 is 0 Å². The molecule has 0 aromatic heterocycles. The van der Waals surface area contributed by atoms with Gasteiger partial charge in [-0.05, 0) is 25.3 Å². The zero-order chi connectivity index (χ0) is 14.7. The van der Waals surface area contributed by atoms with Crippen molar-refractivity contribution in [3.63, 3.8) is 0 Å². The Kier molecular flexibility index (Phi) is 4.20. The topological polar surface area (TPSA) is 64.6 Å². The van der Waals surface area contributed by atoms with Gasteiger partial charge in [-0.25, -0.2) is 0 Å². The van der Waals surface area contributed by atoms with Crippen LogP contribution in [0.3, 0.4) is 0 Å². The highest BCUT2D eigenvalue weighted by atomic mass is 16.5. The molecule has 1 saturated heterocycles. The number of nitrogens with one attached hydrogen (secondary N) is 1. The van der Waals surface area contributed by atoms with Crippen molar-refractivity contribution in [1.82, 2.24) is 5.32 Å². The van der Waals surface area contributed by atoms with Gasteiger partial charge in [-0.15, -0.1) is 0 Å². The summed E-state index contributed by atoms with van der Waals surface area (Å²) in [7, 11) is 0. The quantitative estimate of drug-likeness (QED) is 0.912. The Hall–Kier alpha value is -1.88. The van der Waals surface area contributed by atoms with Crippen LogP contribution in [0.15, 0.2) is 18.2 Å². The Morgan fingerprint density at radius 1 is 1.29 bits per heavy atom. The van der Waals surface area contributed by atoms with E-state index in [0.717, 1.165) is 24.0 Å². The Bertz CT molecular complexity index is 549. The minimum atomic E-state index is -0.121. The second kappa shape index (κ2) is 6.26. The maximum absolute atomic E-state index is 11.9. The summed E-state index contributed by atoms with van der Waals surface area (Å²) in [5.41, 5.74) is 1.67. The summed E-state index contributed by atoms with van der Waals surface area (Å²) >= 11 is 0. The van der Waals surface area contributed by atoms with Crippen LogP contribution >= 0.6 is 0 Å². The highest BCUT2D eigenvalue weighted by Gasteiger charge is 2.23. The van der Waals surface area contributed by atoms with E-state index in [4.69, 9.17) is 9.47 Å². The number of amides is 1. The van der Waals surface area contributed by atoms with Crippen molar-refractivity contribution >= 4 is 11.7 Å². The average Bonchev–Trinajstić information content (AvgIpc) is 2.88. The van der Waals surface area contributed by atoms with E-state index < -0.39 is 0 Å². The number of ether oxygens (including phenoxy) is 2. The molecule has 1 amide bonds. The number of hydrogen-bond acceptors (Lipinski definition) is 4. The van der Waals surface area contributed by atoms with Crippen LogP contribution in [-0.2, 0) is 16.0 Å². The van der Waals surface area contributed by atoms with Gasteiger partial charge in [-0.1, -0.05) is 12.1 Å². The second-order valence-electron chi connectivity index (χ2n) is 5.45. The largest absolute Gasteiger partial charge is 0.483 e. The van der Waals surface area contributed by atoms with Crippen LogP contribution in [0.25, 0.3) is 0 Å². The van der Waals surface area contributed by atoms with Crippen molar-refractivity contribution in [1.29, 1.82) is 0 Å². The highest BCUT2D eigenvalue weighted by molar-refractivity contribution is 6.01. The van der Waals surface area contributed by atoms with E-state index in [1.807, 2.05) is 12.1 Å². The third kappa shape index (κ3) is 3.24. The van der Waals surface area contributed by atoms with Crippen molar-refractivity contribution < 1.29 is 19.1 Å². The van der Waals surface area contributed by atoms with E-state index in [1.54, 1.807) is 6.07 Å². The number of benzene rings is 1. The first-order valence-electron chi connectivity index (χ1n) is 7.39. The smallest absolute Gasteiger partial charge is 0.258 e. The van der Waals surface area contributed by atoms with Gasteiger partial charge in [0, 0.05) is 36.8 Å². The molecule has 1 aromatic rings. The van der Waals surface area contributed by atoms with Crippen LogP contribution in [0.1, 0.15) is 35.2 Å². The van der Waals surface area contributed by atoms with Crippen LogP contribution in [0, 0.1) is 0 Å². The maximum Gasteiger partial charge on any atom is 0.258 e. The van der Waals surface area contributed by atoms with Crippen LogP contribution in [0.4, 0.5) is 0 Å². The molecule has 112 valence electrons. The summed E-state index contributed by atoms with van der Waals surface area (Å²) < 4.78 is 10.9. The van der Waals surface area contributed by atoms with Gasteiger partial charge in [-0.2, -0.15) is 0 Å². The summed E-state index contributed by atoms with van der Waals surface area (Å²) in [6.07, 6.45) is 2.93. The van der Waals surface area contributed by atoms with Crippen molar-refractivity contribution in [3.8, 4) is 5.75 Å². The lowest BCUT2D eigenvalue weighted by molar-refractivity contribution is -0.124. The monoisotopic (exact) mass is 289 g/mol. The molecule has 3 rings (SSSR count). The van der Waals surface area contributed by atoms with Crippen LogP contribution in [0.5, 0.6) is 5.75 Å². The fourth-order valence-corrected chi connectivity index (χ4v) is 2.85. The number of fused-ring (bicyclic) bond motifs is 1. The fraction of sp³-hybridized carbons (Fsp3) is 0.500. The molecular weight excluding hydrogens is 270 g/mol.